The Hall–Kier alpha value is -1.14. The van der Waals surface area contributed by atoms with Gasteiger partial charge in [-0.15, -0.1) is 0 Å². The first-order valence-electron chi connectivity index (χ1n) is 5.71. The lowest BCUT2D eigenvalue weighted by molar-refractivity contribution is -0.151. The highest BCUT2D eigenvalue weighted by Crippen LogP contribution is 2.15. The van der Waals surface area contributed by atoms with E-state index in [1.54, 1.807) is 12.4 Å². The molecule has 1 N–H and O–H groups in total. The van der Waals surface area contributed by atoms with Crippen LogP contribution in [0.25, 0.3) is 0 Å². The van der Waals surface area contributed by atoms with Crippen LogP contribution in [-0.2, 0) is 16.1 Å². The summed E-state index contributed by atoms with van der Waals surface area (Å²) in [4.78, 5) is 19.8. The Morgan fingerprint density at radius 3 is 2.50 bits per heavy atom. The van der Waals surface area contributed by atoms with Gasteiger partial charge in [-0.1, -0.05) is 11.8 Å². The second kappa shape index (κ2) is 6.70. The molecule has 1 aromatic rings. The maximum atomic E-state index is 11.5. The van der Waals surface area contributed by atoms with Crippen molar-refractivity contribution in [3.05, 3.63) is 18.0 Å². The second-order valence-corrected chi connectivity index (χ2v) is 5.72. The lowest BCUT2D eigenvalue weighted by atomic mass is 10.2. The van der Waals surface area contributed by atoms with E-state index >= 15 is 0 Å². The number of thioether (sulfide) groups is 1. The molecular weight excluding hydrogens is 250 g/mol. The zero-order valence-electron chi connectivity index (χ0n) is 11.2. The molecular formula is C12H19N3O2S. The molecule has 0 aliphatic heterocycles. The van der Waals surface area contributed by atoms with Crippen LogP contribution in [0, 0.1) is 0 Å². The molecule has 1 heterocycles. The number of nitrogens with zero attached hydrogens (tertiary/aromatic N) is 2. The smallest absolute Gasteiger partial charge is 0.316 e. The molecule has 0 bridgehead atoms. The van der Waals surface area contributed by atoms with Crippen molar-refractivity contribution >= 4 is 17.7 Å². The fraction of sp³-hybridized carbons (Fsp3) is 0.583. The third kappa shape index (κ3) is 5.97. The lowest BCUT2D eigenvalue weighted by Crippen LogP contribution is -2.24. The van der Waals surface area contributed by atoms with E-state index in [4.69, 9.17) is 4.74 Å². The standard InChI is InChI=1S/C12H19N3O2S/c1-12(2,3)17-10(16)8-18-11-14-6-9(5-13-4)7-15-11/h6-7,13H,5,8H2,1-4H3. The number of hydrogen-bond acceptors (Lipinski definition) is 6. The Bertz CT molecular complexity index is 387. The summed E-state index contributed by atoms with van der Waals surface area (Å²) in [6.07, 6.45) is 3.50. The Labute approximate surface area is 112 Å². The summed E-state index contributed by atoms with van der Waals surface area (Å²) in [6, 6.07) is 0. The van der Waals surface area contributed by atoms with E-state index in [1.165, 1.54) is 11.8 Å². The molecule has 5 nitrogen and oxygen atoms in total. The van der Waals surface area contributed by atoms with Gasteiger partial charge >= 0.3 is 5.97 Å². The monoisotopic (exact) mass is 269 g/mol. The Morgan fingerprint density at radius 2 is 2.00 bits per heavy atom. The van der Waals surface area contributed by atoms with Gasteiger partial charge in [0.05, 0.1) is 5.75 Å². The largest absolute Gasteiger partial charge is 0.459 e. The van der Waals surface area contributed by atoms with Crippen molar-refractivity contribution in [2.45, 2.75) is 38.1 Å². The summed E-state index contributed by atoms with van der Waals surface area (Å²) < 4.78 is 5.20. The van der Waals surface area contributed by atoms with Crippen LogP contribution in [0.2, 0.25) is 0 Å². The fourth-order valence-electron chi connectivity index (χ4n) is 1.21. The molecule has 0 aliphatic rings. The van der Waals surface area contributed by atoms with Crippen molar-refractivity contribution in [3.8, 4) is 0 Å². The number of esters is 1. The van der Waals surface area contributed by atoms with Crippen LogP contribution in [-0.4, -0.2) is 34.3 Å². The molecule has 0 amide bonds. The van der Waals surface area contributed by atoms with Crippen LogP contribution < -0.4 is 5.32 Å². The van der Waals surface area contributed by atoms with Crippen LogP contribution in [0.3, 0.4) is 0 Å². The van der Waals surface area contributed by atoms with Crippen molar-refractivity contribution in [2.24, 2.45) is 0 Å². The van der Waals surface area contributed by atoms with Crippen LogP contribution in [0.4, 0.5) is 0 Å². The predicted molar refractivity (Wildman–Crippen MR) is 71.4 cm³/mol. The predicted octanol–water partition coefficient (Wildman–Crippen LogP) is 1.63. The first kappa shape index (κ1) is 14.9. The number of nitrogens with one attached hydrogen (secondary N) is 1. The minimum absolute atomic E-state index is 0.225. The van der Waals surface area contributed by atoms with Gasteiger partial charge < -0.3 is 10.1 Å². The van der Waals surface area contributed by atoms with Gasteiger partial charge in [-0.2, -0.15) is 0 Å². The van der Waals surface area contributed by atoms with Crippen LogP contribution in [0.15, 0.2) is 17.6 Å². The molecule has 0 fully saturated rings. The van der Waals surface area contributed by atoms with E-state index in [1.807, 2.05) is 27.8 Å². The quantitative estimate of drug-likeness (QED) is 0.498. The molecule has 18 heavy (non-hydrogen) atoms. The van der Waals surface area contributed by atoms with Gasteiger partial charge in [0.2, 0.25) is 0 Å². The zero-order valence-corrected chi connectivity index (χ0v) is 12.0. The first-order chi connectivity index (χ1) is 8.40. The normalized spacial score (nSPS) is 11.3. The van der Waals surface area contributed by atoms with Gasteiger partial charge in [0.1, 0.15) is 5.60 Å². The first-order valence-corrected chi connectivity index (χ1v) is 6.69. The van der Waals surface area contributed by atoms with Crippen molar-refractivity contribution < 1.29 is 9.53 Å². The molecule has 1 rings (SSSR count). The molecule has 0 aromatic carbocycles. The highest BCUT2D eigenvalue weighted by Gasteiger charge is 2.16. The molecule has 6 heteroatoms. The van der Waals surface area contributed by atoms with E-state index in [2.05, 4.69) is 15.3 Å². The lowest BCUT2D eigenvalue weighted by Gasteiger charge is -2.19. The highest BCUT2D eigenvalue weighted by molar-refractivity contribution is 7.99. The molecule has 0 spiro atoms. The summed E-state index contributed by atoms with van der Waals surface area (Å²) in [5.41, 5.74) is 0.564. The van der Waals surface area contributed by atoms with Crippen molar-refractivity contribution in [1.29, 1.82) is 0 Å². The molecule has 1 aromatic heterocycles. The maximum absolute atomic E-state index is 11.5. The summed E-state index contributed by atoms with van der Waals surface area (Å²) in [5, 5.41) is 3.60. The maximum Gasteiger partial charge on any atom is 0.316 e. The van der Waals surface area contributed by atoms with Crippen molar-refractivity contribution in [2.75, 3.05) is 12.8 Å². The van der Waals surface area contributed by atoms with Crippen LogP contribution >= 0.6 is 11.8 Å². The van der Waals surface area contributed by atoms with E-state index < -0.39 is 5.60 Å². The minimum Gasteiger partial charge on any atom is -0.459 e. The number of carbonyl (C=O) groups is 1. The van der Waals surface area contributed by atoms with E-state index in [9.17, 15) is 4.79 Å². The number of carbonyl (C=O) groups excluding carboxylic acids is 1. The third-order valence-corrected chi connectivity index (χ3v) is 2.65. The van der Waals surface area contributed by atoms with Crippen LogP contribution in [0.5, 0.6) is 0 Å². The summed E-state index contributed by atoms with van der Waals surface area (Å²) >= 11 is 1.28. The molecule has 0 atom stereocenters. The molecule has 0 saturated heterocycles. The fourth-order valence-corrected chi connectivity index (χ4v) is 1.77. The highest BCUT2D eigenvalue weighted by atomic mass is 32.2. The van der Waals surface area contributed by atoms with Crippen molar-refractivity contribution in [1.82, 2.24) is 15.3 Å². The number of hydrogen-bond donors (Lipinski definition) is 1. The molecule has 0 saturated carbocycles. The van der Waals surface area contributed by atoms with Gasteiger partial charge in [0.25, 0.3) is 0 Å². The Morgan fingerprint density at radius 1 is 1.39 bits per heavy atom. The number of rotatable bonds is 5. The van der Waals surface area contributed by atoms with Crippen LogP contribution in [0.1, 0.15) is 26.3 Å². The molecule has 0 unspecified atom stereocenters. The van der Waals surface area contributed by atoms with Gasteiger partial charge in [0, 0.05) is 24.5 Å². The summed E-state index contributed by atoms with van der Waals surface area (Å²) in [7, 11) is 1.87. The molecule has 100 valence electrons. The van der Waals surface area contributed by atoms with Gasteiger partial charge in [-0.25, -0.2) is 9.97 Å². The molecule has 0 aliphatic carbocycles. The topological polar surface area (TPSA) is 64.1 Å². The SMILES string of the molecule is CNCc1cnc(SCC(=O)OC(C)(C)C)nc1. The zero-order chi connectivity index (χ0) is 13.6. The number of ether oxygens (including phenoxy) is 1. The van der Waals surface area contributed by atoms with Crippen molar-refractivity contribution in [3.63, 3.8) is 0 Å². The average Bonchev–Trinajstić information content (AvgIpc) is 2.26. The van der Waals surface area contributed by atoms with E-state index in [-0.39, 0.29) is 11.7 Å². The van der Waals surface area contributed by atoms with E-state index in [0.29, 0.717) is 5.16 Å². The third-order valence-electron chi connectivity index (χ3n) is 1.80. The second-order valence-electron chi connectivity index (χ2n) is 4.78. The Balaban J connectivity index is 2.41. The minimum atomic E-state index is -0.449. The summed E-state index contributed by atoms with van der Waals surface area (Å²) in [6.45, 7) is 6.27. The Kier molecular flexibility index (Phi) is 5.55. The van der Waals surface area contributed by atoms with E-state index in [0.717, 1.165) is 12.1 Å². The van der Waals surface area contributed by atoms with Gasteiger partial charge in [0.15, 0.2) is 5.16 Å². The van der Waals surface area contributed by atoms with Gasteiger partial charge in [-0.3, -0.25) is 4.79 Å². The van der Waals surface area contributed by atoms with Gasteiger partial charge in [-0.05, 0) is 27.8 Å². The average molecular weight is 269 g/mol. The number of aromatic nitrogens is 2. The molecule has 0 radical (unpaired) electrons. The summed E-state index contributed by atoms with van der Waals surface area (Å²) in [5.74, 6) is -0.0294.